The highest BCUT2D eigenvalue weighted by Crippen LogP contribution is 2.28. The molecule has 1 aromatic carbocycles. The van der Waals surface area contributed by atoms with Crippen LogP contribution in [0.2, 0.25) is 0 Å². The van der Waals surface area contributed by atoms with Crippen molar-refractivity contribution in [1.82, 2.24) is 0 Å². The topological polar surface area (TPSA) is 55.8 Å². The second-order valence-corrected chi connectivity index (χ2v) is 3.03. The van der Waals surface area contributed by atoms with E-state index in [0.29, 0.717) is 17.7 Å². The smallest absolute Gasteiger partial charge is 0.341 e. The van der Waals surface area contributed by atoms with Crippen molar-refractivity contribution in [3.8, 4) is 11.5 Å². The van der Waals surface area contributed by atoms with Crippen molar-refractivity contribution in [3.05, 3.63) is 23.3 Å². The molecule has 0 spiro atoms. The van der Waals surface area contributed by atoms with Gasteiger partial charge in [0.25, 0.3) is 0 Å². The Morgan fingerprint density at radius 3 is 2.53 bits per heavy atom. The van der Waals surface area contributed by atoms with E-state index in [1.165, 1.54) is 20.3 Å². The number of benzene rings is 1. The van der Waals surface area contributed by atoms with Gasteiger partial charge in [0.05, 0.1) is 14.2 Å². The molecule has 1 N–H and O–H groups in total. The van der Waals surface area contributed by atoms with Gasteiger partial charge >= 0.3 is 5.97 Å². The van der Waals surface area contributed by atoms with Crippen molar-refractivity contribution < 1.29 is 19.4 Å². The second-order valence-electron chi connectivity index (χ2n) is 3.03. The molecule has 1 rings (SSSR count). The van der Waals surface area contributed by atoms with E-state index in [2.05, 4.69) is 4.74 Å². The summed E-state index contributed by atoms with van der Waals surface area (Å²) in [6, 6.07) is 3.11. The Hall–Kier alpha value is -1.71. The maximum Gasteiger partial charge on any atom is 0.341 e. The molecule has 0 saturated carbocycles. The van der Waals surface area contributed by atoms with Gasteiger partial charge in [-0.3, -0.25) is 0 Å². The van der Waals surface area contributed by atoms with Gasteiger partial charge in [0.1, 0.15) is 17.1 Å². The minimum absolute atomic E-state index is 0.113. The third-order valence-corrected chi connectivity index (χ3v) is 2.18. The zero-order chi connectivity index (χ0) is 11.4. The van der Waals surface area contributed by atoms with Crippen LogP contribution in [0.5, 0.6) is 11.5 Å². The predicted molar refractivity (Wildman–Crippen MR) is 55.4 cm³/mol. The van der Waals surface area contributed by atoms with Crippen molar-refractivity contribution in [2.24, 2.45) is 0 Å². The molecule has 0 aliphatic heterocycles. The lowest BCUT2D eigenvalue weighted by atomic mass is 10.0. The molecule has 0 saturated heterocycles. The fourth-order valence-electron chi connectivity index (χ4n) is 1.39. The number of aromatic hydroxyl groups is 1. The maximum atomic E-state index is 11.4. The average molecular weight is 210 g/mol. The summed E-state index contributed by atoms with van der Waals surface area (Å²) in [5, 5.41) is 9.66. The average Bonchev–Trinajstić information content (AvgIpc) is 2.26. The number of phenols is 1. The summed E-state index contributed by atoms with van der Waals surface area (Å²) >= 11 is 0. The SMILES string of the molecule is CCc1cc(OC)cc(O)c1C(=O)OC. The van der Waals surface area contributed by atoms with Crippen LogP contribution in [-0.2, 0) is 11.2 Å². The number of ether oxygens (including phenoxy) is 2. The molecule has 0 atom stereocenters. The lowest BCUT2D eigenvalue weighted by Gasteiger charge is -2.10. The van der Waals surface area contributed by atoms with E-state index in [-0.39, 0.29) is 11.3 Å². The Kier molecular flexibility index (Phi) is 3.55. The van der Waals surface area contributed by atoms with Gasteiger partial charge in [-0.25, -0.2) is 4.79 Å². The molecule has 4 nitrogen and oxygen atoms in total. The molecule has 0 fully saturated rings. The van der Waals surface area contributed by atoms with E-state index in [1.54, 1.807) is 6.07 Å². The van der Waals surface area contributed by atoms with E-state index in [1.807, 2.05) is 6.92 Å². The van der Waals surface area contributed by atoms with Crippen molar-refractivity contribution in [3.63, 3.8) is 0 Å². The van der Waals surface area contributed by atoms with Gasteiger partial charge in [-0.05, 0) is 18.1 Å². The number of phenolic OH excluding ortho intramolecular Hbond substituents is 1. The molecule has 0 unspecified atom stereocenters. The summed E-state index contributed by atoms with van der Waals surface area (Å²) in [4.78, 5) is 11.4. The number of aryl methyl sites for hydroxylation is 1. The van der Waals surface area contributed by atoms with Gasteiger partial charge in [0, 0.05) is 6.07 Å². The van der Waals surface area contributed by atoms with E-state index in [4.69, 9.17) is 4.74 Å². The first-order chi connectivity index (χ1) is 7.13. The number of esters is 1. The highest BCUT2D eigenvalue weighted by Gasteiger charge is 2.17. The molecule has 0 bridgehead atoms. The van der Waals surface area contributed by atoms with Crippen LogP contribution in [0.15, 0.2) is 12.1 Å². The summed E-state index contributed by atoms with van der Waals surface area (Å²) in [7, 11) is 2.79. The van der Waals surface area contributed by atoms with Gasteiger partial charge in [0.15, 0.2) is 0 Å². The monoisotopic (exact) mass is 210 g/mol. The normalized spacial score (nSPS) is 9.80. The number of rotatable bonds is 3. The van der Waals surface area contributed by atoms with Crippen LogP contribution in [0.25, 0.3) is 0 Å². The number of carbonyl (C=O) groups is 1. The first-order valence-electron chi connectivity index (χ1n) is 4.62. The molecular formula is C11H14O4. The zero-order valence-electron chi connectivity index (χ0n) is 9.03. The van der Waals surface area contributed by atoms with Gasteiger partial charge in [0.2, 0.25) is 0 Å². The van der Waals surface area contributed by atoms with Gasteiger partial charge in [-0.1, -0.05) is 6.92 Å². The first kappa shape index (κ1) is 11.4. The second kappa shape index (κ2) is 4.68. The summed E-state index contributed by atoms with van der Waals surface area (Å²) in [6.45, 7) is 1.89. The molecule has 0 radical (unpaired) electrons. The standard InChI is InChI=1S/C11H14O4/c1-4-7-5-8(14-2)6-9(12)10(7)11(13)15-3/h5-6,12H,4H2,1-3H3. The van der Waals surface area contributed by atoms with Gasteiger partial charge in [-0.2, -0.15) is 0 Å². The quantitative estimate of drug-likeness (QED) is 0.772. The Labute approximate surface area is 88.4 Å². The lowest BCUT2D eigenvalue weighted by molar-refractivity contribution is 0.0596. The van der Waals surface area contributed by atoms with Gasteiger partial charge in [-0.15, -0.1) is 0 Å². The Bertz CT molecular complexity index is 371. The van der Waals surface area contributed by atoms with Crippen LogP contribution in [-0.4, -0.2) is 25.3 Å². The van der Waals surface area contributed by atoms with Crippen molar-refractivity contribution >= 4 is 5.97 Å². The van der Waals surface area contributed by atoms with E-state index >= 15 is 0 Å². The largest absolute Gasteiger partial charge is 0.507 e. The predicted octanol–water partition coefficient (Wildman–Crippen LogP) is 1.75. The number of carbonyl (C=O) groups excluding carboxylic acids is 1. The minimum Gasteiger partial charge on any atom is -0.507 e. The fourth-order valence-corrected chi connectivity index (χ4v) is 1.39. The first-order valence-corrected chi connectivity index (χ1v) is 4.62. The van der Waals surface area contributed by atoms with Crippen LogP contribution < -0.4 is 4.74 Å². The van der Waals surface area contributed by atoms with Crippen LogP contribution >= 0.6 is 0 Å². The zero-order valence-corrected chi connectivity index (χ0v) is 9.03. The molecular weight excluding hydrogens is 196 g/mol. The maximum absolute atomic E-state index is 11.4. The summed E-state index contributed by atoms with van der Waals surface area (Å²) in [6.07, 6.45) is 0.620. The van der Waals surface area contributed by atoms with E-state index in [9.17, 15) is 9.90 Å². The Morgan fingerprint density at radius 2 is 2.07 bits per heavy atom. The van der Waals surface area contributed by atoms with E-state index < -0.39 is 5.97 Å². The highest BCUT2D eigenvalue weighted by atomic mass is 16.5. The summed E-state index contributed by atoms with van der Waals surface area (Å²) in [5.41, 5.74) is 0.916. The van der Waals surface area contributed by atoms with Crippen molar-refractivity contribution in [1.29, 1.82) is 0 Å². The molecule has 82 valence electrons. The number of hydrogen-bond donors (Lipinski definition) is 1. The van der Waals surface area contributed by atoms with E-state index in [0.717, 1.165) is 0 Å². The molecule has 0 amide bonds. The van der Waals surface area contributed by atoms with Gasteiger partial charge < -0.3 is 14.6 Å². The third-order valence-electron chi connectivity index (χ3n) is 2.18. The lowest BCUT2D eigenvalue weighted by Crippen LogP contribution is -2.06. The molecule has 0 aliphatic carbocycles. The molecule has 15 heavy (non-hydrogen) atoms. The Morgan fingerprint density at radius 1 is 1.40 bits per heavy atom. The number of methoxy groups -OCH3 is 2. The molecule has 1 aromatic rings. The minimum atomic E-state index is -0.535. The van der Waals surface area contributed by atoms with Crippen molar-refractivity contribution in [2.75, 3.05) is 14.2 Å². The summed E-state index contributed by atoms with van der Waals surface area (Å²) in [5.74, 6) is -0.123. The van der Waals surface area contributed by atoms with Crippen LogP contribution in [0.4, 0.5) is 0 Å². The summed E-state index contributed by atoms with van der Waals surface area (Å²) < 4.78 is 9.59. The molecule has 0 aliphatic rings. The van der Waals surface area contributed by atoms with Crippen LogP contribution in [0.1, 0.15) is 22.8 Å². The van der Waals surface area contributed by atoms with Crippen LogP contribution in [0.3, 0.4) is 0 Å². The Balaban J connectivity index is 3.30. The highest BCUT2D eigenvalue weighted by molar-refractivity contribution is 5.94. The van der Waals surface area contributed by atoms with Crippen LogP contribution in [0, 0.1) is 0 Å². The molecule has 0 aromatic heterocycles. The molecule has 0 heterocycles. The fraction of sp³-hybridized carbons (Fsp3) is 0.364. The third kappa shape index (κ3) is 2.21. The number of hydrogen-bond acceptors (Lipinski definition) is 4. The van der Waals surface area contributed by atoms with Crippen molar-refractivity contribution in [2.45, 2.75) is 13.3 Å². The molecule has 4 heteroatoms.